The van der Waals surface area contributed by atoms with Gasteiger partial charge in [0.15, 0.2) is 0 Å². The number of hydrogen-bond donors (Lipinski definition) is 3. The van der Waals surface area contributed by atoms with Gasteiger partial charge in [-0.25, -0.2) is 4.79 Å². The second-order valence-electron chi connectivity index (χ2n) is 10.3. The summed E-state index contributed by atoms with van der Waals surface area (Å²) in [6.45, 7) is 7.56. The number of amides is 2. The van der Waals surface area contributed by atoms with Crippen LogP contribution in [0.2, 0.25) is 0 Å². The van der Waals surface area contributed by atoms with Gasteiger partial charge >= 0.3 is 6.09 Å². The number of hydrogen-bond acceptors (Lipinski definition) is 6. The van der Waals surface area contributed by atoms with E-state index in [1.54, 1.807) is 57.4 Å². The molecule has 1 saturated heterocycles. The van der Waals surface area contributed by atoms with E-state index in [4.69, 9.17) is 10.00 Å². The van der Waals surface area contributed by atoms with Gasteiger partial charge in [0.25, 0.3) is 5.91 Å². The van der Waals surface area contributed by atoms with E-state index in [1.807, 2.05) is 23.2 Å². The molecule has 0 atom stereocenters. The molecule has 1 aliphatic heterocycles. The number of carbonyl (C=O) groups excluding carboxylic acids is 2. The molecule has 10 heteroatoms. The largest absolute Gasteiger partial charge is 0.444 e. The summed E-state index contributed by atoms with van der Waals surface area (Å²) in [6.07, 6.45) is 9.67. The van der Waals surface area contributed by atoms with Crippen molar-refractivity contribution in [2.24, 2.45) is 10.9 Å². The monoisotopic (exact) mass is 519 g/mol. The van der Waals surface area contributed by atoms with Crippen LogP contribution in [-0.4, -0.2) is 53.1 Å². The Morgan fingerprint density at radius 1 is 1.13 bits per heavy atom. The lowest BCUT2D eigenvalue weighted by Gasteiger charge is -2.32. The van der Waals surface area contributed by atoms with Crippen molar-refractivity contribution in [3.63, 3.8) is 0 Å². The van der Waals surface area contributed by atoms with E-state index in [0.29, 0.717) is 29.7 Å². The Kier molecular flexibility index (Phi) is 10.5. The van der Waals surface area contributed by atoms with Gasteiger partial charge in [0.05, 0.1) is 11.9 Å². The molecule has 1 aliphatic rings. The topological polar surface area (TPSA) is 132 Å². The van der Waals surface area contributed by atoms with Gasteiger partial charge in [-0.1, -0.05) is 18.9 Å². The number of aromatic nitrogens is 1. The maximum Gasteiger partial charge on any atom is 0.412 e. The second kappa shape index (κ2) is 14.0. The van der Waals surface area contributed by atoms with Crippen LogP contribution in [0, 0.1) is 17.4 Å². The Morgan fingerprint density at radius 2 is 1.89 bits per heavy atom. The smallest absolute Gasteiger partial charge is 0.412 e. The minimum absolute atomic E-state index is 0.0223. The molecule has 0 unspecified atom stereocenters. The first-order chi connectivity index (χ1) is 18.2. The van der Waals surface area contributed by atoms with Crippen LogP contribution < -0.4 is 16.0 Å². The number of guanidine groups is 1. The summed E-state index contributed by atoms with van der Waals surface area (Å²) in [6, 6.07) is 10.6. The molecule has 0 bridgehead atoms. The molecular weight excluding hydrogens is 482 g/mol. The van der Waals surface area contributed by atoms with Crippen molar-refractivity contribution in [2.75, 3.05) is 30.3 Å². The summed E-state index contributed by atoms with van der Waals surface area (Å²) in [5.74, 6) is 0.976. The molecule has 2 amide bonds. The van der Waals surface area contributed by atoms with E-state index >= 15 is 0 Å². The van der Waals surface area contributed by atoms with Gasteiger partial charge < -0.3 is 20.3 Å². The Balaban J connectivity index is 1.37. The first-order valence-corrected chi connectivity index (χ1v) is 13.0. The Morgan fingerprint density at radius 3 is 2.58 bits per heavy atom. The average molecular weight is 520 g/mol. The number of nitrogens with zero attached hydrogens (tertiary/aromatic N) is 4. The first kappa shape index (κ1) is 28.4. The molecule has 3 rings (SSSR count). The van der Waals surface area contributed by atoms with Crippen molar-refractivity contribution in [3.05, 3.63) is 54.4 Å². The van der Waals surface area contributed by atoms with E-state index in [1.165, 1.54) is 0 Å². The molecule has 2 heterocycles. The van der Waals surface area contributed by atoms with E-state index in [9.17, 15) is 9.59 Å². The fraction of sp³-hybridized carbons (Fsp3) is 0.464. The molecule has 1 fully saturated rings. The molecule has 0 saturated carbocycles. The lowest BCUT2D eigenvalue weighted by atomic mass is 9.91. The normalized spacial score (nSPS) is 14.4. The number of nitrogens with one attached hydrogen (secondary N) is 3. The molecule has 1 aromatic carbocycles. The molecular formula is C28H37N7O3. The number of ether oxygens (including phenoxy) is 1. The van der Waals surface area contributed by atoms with Crippen LogP contribution in [0.15, 0.2) is 53.8 Å². The van der Waals surface area contributed by atoms with Crippen LogP contribution >= 0.6 is 0 Å². The SMILES string of the molecule is CC(C)(C)OC(=O)Nc1cccc(C(=O)N2CCC(CCCCN/C(=N\C#N)Nc3cccnc3)CC2)c1. The number of carbonyl (C=O) groups is 2. The molecule has 2 aromatic rings. The summed E-state index contributed by atoms with van der Waals surface area (Å²) in [5, 5.41) is 17.9. The van der Waals surface area contributed by atoms with Crippen molar-refractivity contribution < 1.29 is 14.3 Å². The van der Waals surface area contributed by atoms with Gasteiger partial charge in [-0.3, -0.25) is 15.1 Å². The number of aliphatic imine (C=N–C) groups is 1. The van der Waals surface area contributed by atoms with Crippen molar-refractivity contribution >= 4 is 29.3 Å². The highest BCUT2D eigenvalue weighted by molar-refractivity contribution is 5.96. The zero-order valence-corrected chi connectivity index (χ0v) is 22.4. The Bertz CT molecular complexity index is 1130. The van der Waals surface area contributed by atoms with Crippen LogP contribution in [-0.2, 0) is 4.74 Å². The fourth-order valence-corrected chi connectivity index (χ4v) is 4.26. The maximum absolute atomic E-state index is 13.1. The number of unbranched alkanes of at least 4 members (excludes halogenated alkanes) is 1. The van der Waals surface area contributed by atoms with Gasteiger partial charge in [-0.05, 0) is 76.3 Å². The van der Waals surface area contributed by atoms with Crippen LogP contribution in [0.3, 0.4) is 0 Å². The lowest BCUT2D eigenvalue weighted by Crippen LogP contribution is -2.38. The maximum atomic E-state index is 13.1. The third kappa shape index (κ3) is 9.73. The highest BCUT2D eigenvalue weighted by atomic mass is 16.6. The minimum Gasteiger partial charge on any atom is -0.444 e. The molecule has 202 valence electrons. The zero-order valence-electron chi connectivity index (χ0n) is 22.4. The van der Waals surface area contributed by atoms with Crippen LogP contribution in [0.25, 0.3) is 0 Å². The van der Waals surface area contributed by atoms with E-state index < -0.39 is 11.7 Å². The molecule has 0 radical (unpaired) electrons. The highest BCUT2D eigenvalue weighted by Crippen LogP contribution is 2.24. The van der Waals surface area contributed by atoms with Crippen LogP contribution in [0.1, 0.15) is 63.2 Å². The summed E-state index contributed by atoms with van der Waals surface area (Å²) in [4.78, 5) is 34.8. The zero-order chi connectivity index (χ0) is 27.4. The third-order valence-corrected chi connectivity index (χ3v) is 6.07. The van der Waals surface area contributed by atoms with E-state index in [-0.39, 0.29) is 5.91 Å². The van der Waals surface area contributed by atoms with Crippen LogP contribution in [0.5, 0.6) is 0 Å². The molecule has 0 aliphatic carbocycles. The number of benzene rings is 1. The number of piperidine rings is 1. The second-order valence-corrected chi connectivity index (χ2v) is 10.3. The van der Waals surface area contributed by atoms with E-state index in [2.05, 4.69) is 25.9 Å². The number of likely N-dealkylation sites (tertiary alicyclic amines) is 1. The summed E-state index contributed by atoms with van der Waals surface area (Å²) in [5.41, 5.74) is 1.26. The van der Waals surface area contributed by atoms with Crippen molar-refractivity contribution in [1.82, 2.24) is 15.2 Å². The average Bonchev–Trinajstić information content (AvgIpc) is 2.88. The predicted octanol–water partition coefficient (Wildman–Crippen LogP) is 4.99. The fourth-order valence-electron chi connectivity index (χ4n) is 4.26. The van der Waals surface area contributed by atoms with Gasteiger partial charge in [-0.15, -0.1) is 4.99 Å². The van der Waals surface area contributed by atoms with Gasteiger partial charge in [0.2, 0.25) is 12.2 Å². The van der Waals surface area contributed by atoms with Crippen molar-refractivity contribution in [3.8, 4) is 6.19 Å². The van der Waals surface area contributed by atoms with Gasteiger partial charge in [-0.2, -0.15) is 5.26 Å². The van der Waals surface area contributed by atoms with Gasteiger partial charge in [0.1, 0.15) is 5.60 Å². The number of rotatable bonds is 8. The highest BCUT2D eigenvalue weighted by Gasteiger charge is 2.24. The minimum atomic E-state index is -0.593. The Labute approximate surface area is 224 Å². The van der Waals surface area contributed by atoms with Crippen molar-refractivity contribution in [2.45, 2.75) is 58.5 Å². The summed E-state index contributed by atoms with van der Waals surface area (Å²) < 4.78 is 5.29. The lowest BCUT2D eigenvalue weighted by molar-refractivity contribution is 0.0633. The summed E-state index contributed by atoms with van der Waals surface area (Å²) in [7, 11) is 0. The summed E-state index contributed by atoms with van der Waals surface area (Å²) >= 11 is 0. The number of nitriles is 1. The molecule has 1 aromatic heterocycles. The van der Waals surface area contributed by atoms with Crippen LogP contribution in [0.4, 0.5) is 16.2 Å². The first-order valence-electron chi connectivity index (χ1n) is 13.0. The molecule has 0 spiro atoms. The van der Waals surface area contributed by atoms with Crippen molar-refractivity contribution in [1.29, 1.82) is 5.26 Å². The molecule has 38 heavy (non-hydrogen) atoms. The number of pyridine rings is 1. The quantitative estimate of drug-likeness (QED) is 0.194. The van der Waals surface area contributed by atoms with Gasteiger partial charge in [0, 0.05) is 37.1 Å². The predicted molar refractivity (Wildman–Crippen MR) is 148 cm³/mol. The number of anilines is 2. The third-order valence-electron chi connectivity index (χ3n) is 6.07. The molecule has 10 nitrogen and oxygen atoms in total. The molecule has 3 N–H and O–H groups in total. The standard InChI is InChI=1S/C28H37N7O3/c1-28(2,3)38-27(37)34-23-10-6-9-22(18-23)25(36)35-16-12-21(13-17-35)8-4-5-15-31-26(32-20-29)33-24-11-7-14-30-19-24/h6-7,9-11,14,18-19,21H,4-5,8,12-13,15-17H2,1-3H3,(H,34,37)(H2,31,32,33). The Hall–Kier alpha value is -4.13. The van der Waals surface area contributed by atoms with E-state index in [0.717, 1.165) is 50.9 Å².